The number of amides is 3. The Morgan fingerprint density at radius 2 is 2.04 bits per heavy atom. The number of hydrogen-bond donors (Lipinski definition) is 3. The average Bonchev–Trinajstić information content (AvgIpc) is 2.92. The maximum atomic E-state index is 11.0. The monoisotopic (exact) mass is 333 g/mol. The lowest BCUT2D eigenvalue weighted by Crippen LogP contribution is -2.40. The van der Waals surface area contributed by atoms with Crippen molar-refractivity contribution in [2.24, 2.45) is 11.6 Å². The summed E-state index contributed by atoms with van der Waals surface area (Å²) in [5.74, 6) is 5.40. The number of nitrogens with two attached hydrogens (primary N) is 2. The smallest absolute Gasteiger partial charge is 0.329 e. The minimum atomic E-state index is -0.664. The van der Waals surface area contributed by atoms with E-state index in [0.29, 0.717) is 5.13 Å². The quantitative estimate of drug-likeness (QED) is 0.423. The molecule has 1 heterocycles. The van der Waals surface area contributed by atoms with Crippen molar-refractivity contribution in [3.63, 3.8) is 0 Å². The van der Waals surface area contributed by atoms with Gasteiger partial charge in [-0.1, -0.05) is 24.3 Å². The van der Waals surface area contributed by atoms with Gasteiger partial charge in [0.2, 0.25) is 5.91 Å². The fraction of sp³-hybridized carbons (Fsp3) is 0.267. The molecule has 0 fully saturated rings. The molecule has 23 heavy (non-hydrogen) atoms. The Morgan fingerprint density at radius 1 is 1.30 bits per heavy atom. The van der Waals surface area contributed by atoms with Gasteiger partial charge in [0.15, 0.2) is 5.13 Å². The Labute approximate surface area is 138 Å². The molecule has 0 aliphatic rings. The summed E-state index contributed by atoms with van der Waals surface area (Å²) in [5.41, 5.74) is 8.09. The first-order valence-corrected chi connectivity index (χ1v) is 7.93. The summed E-state index contributed by atoms with van der Waals surface area (Å²) in [4.78, 5) is 26.3. The second-order valence-corrected chi connectivity index (χ2v) is 5.97. The Kier molecular flexibility index (Phi) is 5.67. The van der Waals surface area contributed by atoms with E-state index in [4.69, 9.17) is 11.6 Å². The fourth-order valence-electron chi connectivity index (χ4n) is 2.06. The number of carbonyl (C=O) groups is 2. The first kappa shape index (κ1) is 16.9. The van der Waals surface area contributed by atoms with Crippen LogP contribution in [-0.4, -0.2) is 21.9 Å². The molecule has 0 atom stereocenters. The maximum absolute atomic E-state index is 11.0. The van der Waals surface area contributed by atoms with Gasteiger partial charge in [0.1, 0.15) is 0 Å². The highest BCUT2D eigenvalue weighted by Gasteiger charge is 2.07. The Morgan fingerprint density at radius 3 is 2.74 bits per heavy atom. The molecule has 0 saturated carbocycles. The number of benzene rings is 1. The molecule has 0 saturated heterocycles. The summed E-state index contributed by atoms with van der Waals surface area (Å²) in [5, 5.41) is 6.19. The SMILES string of the molecule is CC(=O)Nc1nc(CCc2cccc(CN(N)C(N)=O)c2)cs1. The van der Waals surface area contributed by atoms with Crippen LogP contribution in [0.3, 0.4) is 0 Å². The van der Waals surface area contributed by atoms with Crippen LogP contribution in [0.1, 0.15) is 23.7 Å². The predicted molar refractivity (Wildman–Crippen MR) is 89.6 cm³/mol. The number of nitrogens with one attached hydrogen (secondary N) is 1. The van der Waals surface area contributed by atoms with Crippen LogP contribution in [0.15, 0.2) is 29.6 Å². The van der Waals surface area contributed by atoms with E-state index in [2.05, 4.69) is 10.3 Å². The van der Waals surface area contributed by atoms with Gasteiger partial charge in [0.05, 0.1) is 12.2 Å². The number of urea groups is 1. The molecule has 3 amide bonds. The van der Waals surface area contributed by atoms with E-state index >= 15 is 0 Å². The summed E-state index contributed by atoms with van der Waals surface area (Å²) in [6, 6.07) is 7.15. The second-order valence-electron chi connectivity index (χ2n) is 5.11. The molecule has 0 spiro atoms. The number of hydrogen-bond acceptors (Lipinski definition) is 5. The number of aryl methyl sites for hydroxylation is 2. The van der Waals surface area contributed by atoms with Gasteiger partial charge in [-0.25, -0.2) is 15.6 Å². The highest BCUT2D eigenvalue weighted by atomic mass is 32.1. The van der Waals surface area contributed by atoms with E-state index in [0.717, 1.165) is 34.7 Å². The summed E-state index contributed by atoms with van der Waals surface area (Å²) in [6.45, 7) is 1.73. The first-order chi connectivity index (χ1) is 10.9. The van der Waals surface area contributed by atoms with E-state index in [9.17, 15) is 9.59 Å². The summed E-state index contributed by atoms with van der Waals surface area (Å²) in [6.07, 6.45) is 1.57. The van der Waals surface area contributed by atoms with Crippen LogP contribution in [0.2, 0.25) is 0 Å². The number of carbonyl (C=O) groups excluding carboxylic acids is 2. The number of nitrogens with zero attached hydrogens (tertiary/aromatic N) is 2. The fourth-order valence-corrected chi connectivity index (χ4v) is 2.85. The minimum absolute atomic E-state index is 0.126. The largest absolute Gasteiger partial charge is 0.350 e. The summed E-state index contributed by atoms with van der Waals surface area (Å²) >= 11 is 1.41. The number of primary amides is 1. The van der Waals surface area contributed by atoms with Crippen LogP contribution < -0.4 is 16.9 Å². The zero-order chi connectivity index (χ0) is 16.8. The van der Waals surface area contributed by atoms with Crippen LogP contribution in [0.5, 0.6) is 0 Å². The van der Waals surface area contributed by atoms with Crippen molar-refractivity contribution in [1.29, 1.82) is 0 Å². The predicted octanol–water partition coefficient (Wildman–Crippen LogP) is 1.64. The molecule has 2 rings (SSSR count). The van der Waals surface area contributed by atoms with Crippen LogP contribution in [0.25, 0.3) is 0 Å². The third-order valence-electron chi connectivity index (χ3n) is 3.13. The normalized spacial score (nSPS) is 10.3. The van der Waals surface area contributed by atoms with Gasteiger partial charge < -0.3 is 11.1 Å². The molecule has 5 N–H and O–H groups in total. The van der Waals surface area contributed by atoms with Crippen molar-refractivity contribution in [2.75, 3.05) is 5.32 Å². The molecular weight excluding hydrogens is 314 g/mol. The molecule has 122 valence electrons. The zero-order valence-corrected chi connectivity index (χ0v) is 13.6. The van der Waals surface area contributed by atoms with Crippen LogP contribution in [-0.2, 0) is 24.2 Å². The molecule has 1 aromatic heterocycles. The van der Waals surface area contributed by atoms with Crippen molar-refractivity contribution in [3.8, 4) is 0 Å². The Balaban J connectivity index is 1.94. The van der Waals surface area contributed by atoms with Crippen molar-refractivity contribution >= 4 is 28.4 Å². The maximum Gasteiger partial charge on any atom is 0.329 e. The molecule has 0 bridgehead atoms. The Bertz CT molecular complexity index is 701. The lowest BCUT2D eigenvalue weighted by molar-refractivity contribution is -0.114. The van der Waals surface area contributed by atoms with Gasteiger partial charge in [-0.15, -0.1) is 11.3 Å². The lowest BCUT2D eigenvalue weighted by atomic mass is 10.1. The molecule has 0 aliphatic heterocycles. The summed E-state index contributed by atoms with van der Waals surface area (Å²) in [7, 11) is 0. The number of anilines is 1. The van der Waals surface area contributed by atoms with Gasteiger partial charge in [-0.3, -0.25) is 9.80 Å². The van der Waals surface area contributed by atoms with Crippen molar-refractivity contribution in [1.82, 2.24) is 9.99 Å². The minimum Gasteiger partial charge on any atom is -0.350 e. The van der Waals surface area contributed by atoms with Crippen LogP contribution in [0.4, 0.5) is 9.93 Å². The standard InChI is InChI=1S/C15H19N5O2S/c1-10(21)18-15-19-13(9-23-15)6-5-11-3-2-4-12(7-11)8-20(17)14(16)22/h2-4,7,9H,5-6,8,17H2,1H3,(H2,16,22)(H,18,19,21). The van der Waals surface area contributed by atoms with Crippen molar-refractivity contribution in [3.05, 3.63) is 46.5 Å². The molecule has 0 radical (unpaired) electrons. The number of hydrazine groups is 1. The van der Waals surface area contributed by atoms with Crippen molar-refractivity contribution in [2.45, 2.75) is 26.3 Å². The molecule has 1 aromatic carbocycles. The highest BCUT2D eigenvalue weighted by molar-refractivity contribution is 7.13. The van der Waals surface area contributed by atoms with Crippen LogP contribution >= 0.6 is 11.3 Å². The van der Waals surface area contributed by atoms with Gasteiger partial charge in [-0.05, 0) is 24.0 Å². The number of rotatable bonds is 6. The average molecular weight is 333 g/mol. The van der Waals surface area contributed by atoms with Gasteiger partial charge in [0, 0.05) is 12.3 Å². The third kappa shape index (κ3) is 5.35. The van der Waals surface area contributed by atoms with E-state index in [1.165, 1.54) is 18.3 Å². The zero-order valence-electron chi connectivity index (χ0n) is 12.8. The molecule has 0 unspecified atom stereocenters. The van der Waals surface area contributed by atoms with E-state index in [-0.39, 0.29) is 12.5 Å². The van der Waals surface area contributed by atoms with Crippen LogP contribution in [0, 0.1) is 0 Å². The molecule has 0 aliphatic carbocycles. The highest BCUT2D eigenvalue weighted by Crippen LogP contribution is 2.17. The molecule has 7 nitrogen and oxygen atoms in total. The molecule has 2 aromatic rings. The lowest BCUT2D eigenvalue weighted by Gasteiger charge is -2.14. The van der Waals surface area contributed by atoms with E-state index in [1.807, 2.05) is 29.6 Å². The molecule has 8 heteroatoms. The van der Waals surface area contributed by atoms with Gasteiger partial charge >= 0.3 is 6.03 Å². The topological polar surface area (TPSA) is 114 Å². The first-order valence-electron chi connectivity index (χ1n) is 7.05. The van der Waals surface area contributed by atoms with E-state index in [1.54, 1.807) is 0 Å². The Hall–Kier alpha value is -2.45. The second kappa shape index (κ2) is 7.70. The third-order valence-corrected chi connectivity index (χ3v) is 3.94. The molecular formula is C15H19N5O2S. The van der Waals surface area contributed by atoms with Gasteiger partial charge in [-0.2, -0.15) is 0 Å². The van der Waals surface area contributed by atoms with Crippen molar-refractivity contribution < 1.29 is 9.59 Å². The summed E-state index contributed by atoms with van der Waals surface area (Å²) < 4.78 is 0. The number of thiazole rings is 1. The van der Waals surface area contributed by atoms with E-state index < -0.39 is 6.03 Å². The van der Waals surface area contributed by atoms with Gasteiger partial charge in [0.25, 0.3) is 0 Å². The number of aromatic nitrogens is 1.